The van der Waals surface area contributed by atoms with Crippen molar-refractivity contribution in [1.82, 2.24) is 0 Å². The van der Waals surface area contributed by atoms with Crippen LogP contribution in [0, 0.1) is 0 Å². The van der Waals surface area contributed by atoms with E-state index in [-0.39, 0.29) is 0 Å². The van der Waals surface area contributed by atoms with Crippen molar-refractivity contribution in [2.45, 2.75) is 16.3 Å². The predicted octanol–water partition coefficient (Wildman–Crippen LogP) is 10.7. The summed E-state index contributed by atoms with van der Waals surface area (Å²) in [6, 6.07) is 20.4. The maximum absolute atomic E-state index is 6.66. The zero-order chi connectivity index (χ0) is 23.9. The summed E-state index contributed by atoms with van der Waals surface area (Å²) in [5.74, 6) is 0. The summed E-state index contributed by atoms with van der Waals surface area (Å²) in [7, 11) is 0. The average Bonchev–Trinajstić information content (AvgIpc) is 2.73. The van der Waals surface area contributed by atoms with Gasteiger partial charge >= 0.3 is 0 Å². The van der Waals surface area contributed by atoms with Gasteiger partial charge in [0.25, 0.3) is 0 Å². The lowest BCUT2D eigenvalue weighted by molar-refractivity contribution is 1.00. The molecule has 0 aliphatic rings. The average molecular weight is 631 g/mol. The molecule has 0 aliphatic carbocycles. The Morgan fingerprint density at radius 2 is 0.438 bits per heavy atom. The molecule has 0 atom stereocenters. The van der Waals surface area contributed by atoms with E-state index in [1.165, 1.54) is 0 Å². The SMILES string of the molecule is ClC(Cl)(Cl)c1ccc(C(Cl)(Cl)c2ccc(C(Cl)(Cl)c3ccc(C(Cl)(Cl)Cl)cc3)cc2)cc1. The molecule has 0 nitrogen and oxygen atoms in total. The maximum atomic E-state index is 6.66. The highest BCUT2D eigenvalue weighted by Crippen LogP contribution is 2.46. The van der Waals surface area contributed by atoms with E-state index in [1.807, 2.05) is 0 Å². The molecule has 0 saturated heterocycles. The van der Waals surface area contributed by atoms with Crippen molar-refractivity contribution < 1.29 is 0 Å². The van der Waals surface area contributed by atoms with Gasteiger partial charge in [-0.05, 0) is 22.3 Å². The van der Waals surface area contributed by atoms with Crippen LogP contribution in [0.15, 0.2) is 72.8 Å². The molecule has 0 radical (unpaired) electrons. The molecule has 3 rings (SSSR count). The molecule has 3 aromatic rings. The molecule has 0 N–H and O–H groups in total. The molecule has 0 aromatic heterocycles. The molecule has 32 heavy (non-hydrogen) atoms. The van der Waals surface area contributed by atoms with Crippen LogP contribution in [0.2, 0.25) is 0 Å². The second-order valence-electron chi connectivity index (χ2n) is 6.88. The van der Waals surface area contributed by atoms with Gasteiger partial charge in [-0.2, -0.15) is 0 Å². The molecule has 0 saturated carbocycles. The van der Waals surface area contributed by atoms with Crippen LogP contribution >= 0.6 is 116 Å². The molecule has 0 bridgehead atoms. The van der Waals surface area contributed by atoms with Gasteiger partial charge < -0.3 is 0 Å². The van der Waals surface area contributed by atoms with Crippen LogP contribution in [0.4, 0.5) is 0 Å². The van der Waals surface area contributed by atoms with Gasteiger partial charge in [-0.25, -0.2) is 0 Å². The Kier molecular flexibility index (Phi) is 8.40. The monoisotopic (exact) mass is 626 g/mol. The van der Waals surface area contributed by atoms with Crippen LogP contribution in [0.3, 0.4) is 0 Å². The van der Waals surface area contributed by atoms with Crippen molar-refractivity contribution in [2.24, 2.45) is 0 Å². The van der Waals surface area contributed by atoms with Crippen molar-refractivity contribution in [3.63, 3.8) is 0 Å². The van der Waals surface area contributed by atoms with Crippen molar-refractivity contribution in [1.29, 1.82) is 0 Å². The first kappa shape index (κ1) is 27.2. The first-order valence-corrected chi connectivity index (χ1v) is 12.6. The van der Waals surface area contributed by atoms with Gasteiger partial charge in [-0.3, -0.25) is 0 Å². The van der Waals surface area contributed by atoms with Crippen molar-refractivity contribution in [2.75, 3.05) is 0 Å². The van der Waals surface area contributed by atoms with E-state index in [0.717, 1.165) is 0 Å². The Bertz CT molecular complexity index is 970. The van der Waals surface area contributed by atoms with E-state index >= 15 is 0 Å². The summed E-state index contributed by atoms with van der Waals surface area (Å²) in [5.41, 5.74) is 3.44. The molecule has 10 heteroatoms. The minimum absolute atomic E-state index is 0.501. The van der Waals surface area contributed by atoms with E-state index in [9.17, 15) is 0 Å². The Hall–Kier alpha value is 0.560. The summed E-state index contributed by atoms with van der Waals surface area (Å²) < 4.78 is -5.78. The van der Waals surface area contributed by atoms with E-state index in [4.69, 9.17) is 116 Å². The molecule has 0 fully saturated rings. The van der Waals surface area contributed by atoms with Crippen LogP contribution in [-0.4, -0.2) is 0 Å². The van der Waals surface area contributed by atoms with Gasteiger partial charge in [0, 0.05) is 11.1 Å². The smallest absolute Gasteiger partial charge is 0.0909 e. The van der Waals surface area contributed by atoms with Crippen LogP contribution in [0.25, 0.3) is 0 Å². The fourth-order valence-electron chi connectivity index (χ4n) is 2.96. The van der Waals surface area contributed by atoms with Gasteiger partial charge in [0.05, 0.1) is 0 Å². The third-order valence-corrected chi connectivity index (χ3v) is 7.81. The molecule has 0 unspecified atom stereocenters. The lowest BCUT2D eigenvalue weighted by Gasteiger charge is -2.25. The second-order valence-corrected chi connectivity index (χ2v) is 14.1. The standard InChI is InChI=1S/C22H12Cl10/c23-19(24,15-5-9-17(10-6-15)21(27,28)29)13-1-2-14(4-3-13)20(25,26)16-7-11-18(12-8-16)22(30,31)32/h1-12H. The first-order valence-electron chi connectivity index (χ1n) is 8.85. The molecular weight excluding hydrogens is 619 g/mol. The lowest BCUT2D eigenvalue weighted by atomic mass is 9.98. The summed E-state index contributed by atoms with van der Waals surface area (Å²) in [5, 5.41) is 0. The van der Waals surface area contributed by atoms with E-state index < -0.39 is 16.3 Å². The topological polar surface area (TPSA) is 0 Å². The van der Waals surface area contributed by atoms with E-state index in [2.05, 4.69) is 0 Å². The Morgan fingerprint density at radius 1 is 0.281 bits per heavy atom. The number of alkyl halides is 10. The van der Waals surface area contributed by atoms with Crippen LogP contribution in [0.1, 0.15) is 33.4 Å². The van der Waals surface area contributed by atoms with Gasteiger partial charge in [-0.15, -0.1) is 0 Å². The quantitative estimate of drug-likeness (QED) is 0.252. The molecular formula is C22H12Cl10. The lowest BCUT2D eigenvalue weighted by Crippen LogP contribution is -2.16. The highest BCUT2D eigenvalue weighted by atomic mass is 35.6. The number of hydrogen-bond acceptors (Lipinski definition) is 0. The highest BCUT2D eigenvalue weighted by Gasteiger charge is 2.33. The van der Waals surface area contributed by atoms with Crippen LogP contribution in [0.5, 0.6) is 0 Å². The molecule has 0 amide bonds. The highest BCUT2D eigenvalue weighted by molar-refractivity contribution is 6.67. The fourth-order valence-corrected chi connectivity index (χ4v) is 4.72. The number of hydrogen-bond donors (Lipinski definition) is 0. The molecule has 0 spiro atoms. The fraction of sp³-hybridized carbons (Fsp3) is 0.182. The summed E-state index contributed by atoms with van der Waals surface area (Å²) in [4.78, 5) is 0. The van der Waals surface area contributed by atoms with Gasteiger partial charge in [0.15, 0.2) is 8.67 Å². The molecule has 0 aliphatic heterocycles. The first-order chi connectivity index (χ1) is 14.6. The second kappa shape index (κ2) is 9.90. The third-order valence-electron chi connectivity index (χ3n) is 4.76. The van der Waals surface area contributed by atoms with E-state index in [1.54, 1.807) is 72.8 Å². The number of halogens is 10. The molecule has 170 valence electrons. The number of benzene rings is 3. The Balaban J connectivity index is 1.87. The van der Waals surface area contributed by atoms with Crippen molar-refractivity contribution in [3.8, 4) is 0 Å². The largest absolute Gasteiger partial charge is 0.216 e. The maximum Gasteiger partial charge on any atom is 0.216 e. The van der Waals surface area contributed by atoms with E-state index in [0.29, 0.717) is 33.4 Å². The summed E-state index contributed by atoms with van der Waals surface area (Å²) >= 11 is 62.1. The van der Waals surface area contributed by atoms with Gasteiger partial charge in [0.1, 0.15) is 0 Å². The van der Waals surface area contributed by atoms with Gasteiger partial charge in [-0.1, -0.05) is 189 Å². The predicted molar refractivity (Wildman–Crippen MR) is 143 cm³/mol. The molecule has 3 aromatic carbocycles. The number of rotatable bonds is 4. The van der Waals surface area contributed by atoms with Gasteiger partial charge in [0.2, 0.25) is 7.59 Å². The molecule has 0 heterocycles. The minimum Gasteiger partial charge on any atom is -0.0909 e. The van der Waals surface area contributed by atoms with Crippen LogP contribution in [-0.2, 0) is 16.3 Å². The zero-order valence-corrected chi connectivity index (χ0v) is 23.3. The Labute approximate surface area is 236 Å². The van der Waals surface area contributed by atoms with Crippen molar-refractivity contribution in [3.05, 3.63) is 106 Å². The normalized spacial score (nSPS) is 13.3. The minimum atomic E-state index is -1.54. The van der Waals surface area contributed by atoms with Crippen molar-refractivity contribution >= 4 is 116 Å². The summed E-state index contributed by atoms with van der Waals surface area (Å²) in [6.45, 7) is 0. The Morgan fingerprint density at radius 3 is 0.594 bits per heavy atom. The third kappa shape index (κ3) is 6.03. The summed E-state index contributed by atoms with van der Waals surface area (Å²) in [6.07, 6.45) is 0. The zero-order valence-electron chi connectivity index (χ0n) is 15.7. The van der Waals surface area contributed by atoms with Crippen LogP contribution < -0.4 is 0 Å².